The molecule has 2 aliphatic heterocycles. The van der Waals surface area contributed by atoms with Crippen LogP contribution in [0, 0.1) is 0 Å². The number of fused-ring (bicyclic) bond motifs is 2. The minimum atomic E-state index is -2.42. The number of aliphatic hydroxyl groups excluding tert-OH is 2. The summed E-state index contributed by atoms with van der Waals surface area (Å²) < 4.78 is 18.7. The van der Waals surface area contributed by atoms with Gasteiger partial charge in [0.2, 0.25) is 0 Å². The molecule has 0 fully saturated rings. The Hall–Kier alpha value is -5.24. The molecule has 0 radical (unpaired) electrons. The average molecular weight is 595 g/mol. The molecule has 2 heterocycles. The molecule has 0 unspecified atom stereocenters. The maximum absolute atomic E-state index is 11.6. The van der Waals surface area contributed by atoms with Crippen LogP contribution in [-0.4, -0.2) is 63.3 Å². The molecule has 224 valence electrons. The zero-order valence-corrected chi connectivity index (χ0v) is 22.0. The number of benzene rings is 4. The third-order valence-corrected chi connectivity index (χ3v) is 7.55. The first-order valence-corrected chi connectivity index (χ1v) is 12.9. The average Bonchev–Trinajstić information content (AvgIpc) is 2.94. The fourth-order valence-corrected chi connectivity index (χ4v) is 5.48. The fraction of sp³-hybridized carbons (Fsp3) is 0.200. The minimum absolute atomic E-state index is 0.0663. The zero-order chi connectivity index (χ0) is 30.8. The highest BCUT2D eigenvalue weighted by molar-refractivity contribution is 5.55. The molecule has 2 aliphatic rings. The van der Waals surface area contributed by atoms with Crippen molar-refractivity contribution in [1.29, 1.82) is 0 Å². The van der Waals surface area contributed by atoms with Crippen LogP contribution in [0.25, 0.3) is 0 Å². The first kappa shape index (κ1) is 27.9. The molecule has 0 saturated carbocycles. The van der Waals surface area contributed by atoms with E-state index in [1.807, 2.05) is 0 Å². The molecular weight excluding hydrogens is 568 g/mol. The van der Waals surface area contributed by atoms with Crippen LogP contribution in [0.1, 0.15) is 34.5 Å². The molecule has 0 amide bonds. The van der Waals surface area contributed by atoms with Gasteiger partial charge >= 0.3 is 0 Å². The second-order valence-electron chi connectivity index (χ2n) is 10.3. The predicted octanol–water partition coefficient (Wildman–Crippen LogP) is 2.73. The minimum Gasteiger partial charge on any atom is -0.508 e. The van der Waals surface area contributed by atoms with Crippen LogP contribution >= 0.6 is 0 Å². The van der Waals surface area contributed by atoms with Gasteiger partial charge in [-0.25, -0.2) is 0 Å². The lowest BCUT2D eigenvalue weighted by Crippen LogP contribution is -2.55. The lowest BCUT2D eigenvalue weighted by Gasteiger charge is -2.47. The summed E-state index contributed by atoms with van der Waals surface area (Å²) in [6.45, 7) is 0. The molecule has 5 atom stereocenters. The molecular formula is C30H26O13. The van der Waals surface area contributed by atoms with Gasteiger partial charge < -0.3 is 65.3 Å². The predicted molar refractivity (Wildman–Crippen MR) is 144 cm³/mol. The van der Waals surface area contributed by atoms with Gasteiger partial charge in [-0.2, -0.15) is 0 Å². The molecule has 4 aromatic carbocycles. The molecule has 13 nitrogen and oxygen atoms in total. The monoisotopic (exact) mass is 594 g/mol. The molecule has 0 spiro atoms. The molecule has 13 heteroatoms. The number of rotatable bonds is 4. The summed E-state index contributed by atoms with van der Waals surface area (Å²) >= 11 is 0. The van der Waals surface area contributed by atoms with Crippen LogP contribution in [0.4, 0.5) is 0 Å². The van der Waals surface area contributed by atoms with Gasteiger partial charge in [-0.1, -0.05) is 6.07 Å². The van der Waals surface area contributed by atoms with Gasteiger partial charge in [0.1, 0.15) is 46.7 Å². The number of ether oxygens (including phenoxy) is 3. The molecule has 4 aromatic rings. The summed E-state index contributed by atoms with van der Waals surface area (Å²) in [5, 5.41) is 104. The van der Waals surface area contributed by atoms with E-state index in [0.717, 1.165) is 30.3 Å². The zero-order valence-electron chi connectivity index (χ0n) is 22.0. The Bertz CT molecular complexity index is 1740. The summed E-state index contributed by atoms with van der Waals surface area (Å²) in [6.07, 6.45) is -6.47. The number of aromatic hydroxyl groups is 8. The molecule has 43 heavy (non-hydrogen) atoms. The maximum atomic E-state index is 11.6. The summed E-state index contributed by atoms with van der Waals surface area (Å²) in [5.74, 6) is -6.38. The Balaban J connectivity index is 1.54. The van der Waals surface area contributed by atoms with Crippen molar-refractivity contribution in [3.63, 3.8) is 0 Å². The van der Waals surface area contributed by atoms with Crippen LogP contribution in [0.5, 0.6) is 57.5 Å². The van der Waals surface area contributed by atoms with Crippen molar-refractivity contribution >= 4 is 0 Å². The van der Waals surface area contributed by atoms with Crippen molar-refractivity contribution in [2.24, 2.45) is 0 Å². The van der Waals surface area contributed by atoms with Crippen molar-refractivity contribution in [2.75, 3.05) is 0 Å². The van der Waals surface area contributed by atoms with Gasteiger partial charge in [-0.05, 0) is 35.9 Å². The molecule has 0 aliphatic carbocycles. The van der Waals surface area contributed by atoms with Crippen LogP contribution in [-0.2, 0) is 16.9 Å². The van der Waals surface area contributed by atoms with E-state index >= 15 is 0 Å². The van der Waals surface area contributed by atoms with E-state index < -0.39 is 64.7 Å². The van der Waals surface area contributed by atoms with Crippen LogP contribution in [0.3, 0.4) is 0 Å². The van der Waals surface area contributed by atoms with Crippen molar-refractivity contribution in [1.82, 2.24) is 0 Å². The third-order valence-electron chi connectivity index (χ3n) is 7.55. The standard InChI is InChI=1S/C30H26O13/c31-14-7-19(35)16-11-25(28(41-23(16)9-14)12-1-3-17(33)20(36)5-12)43-30(13-2-4-18(34)21(37)6-13)29(40)27(39)26-22(38)8-15(32)10-24(26)42-30/h1-10,25,27-29,31-40H,11H2/t25-,27-,28-,29+,30-/m1/s1. The normalized spacial score (nSPS) is 24.3. The van der Waals surface area contributed by atoms with Gasteiger partial charge in [0.05, 0.1) is 5.56 Å². The highest BCUT2D eigenvalue weighted by Crippen LogP contribution is 2.53. The molecule has 0 bridgehead atoms. The largest absolute Gasteiger partial charge is 0.508 e. The molecule has 6 rings (SSSR count). The van der Waals surface area contributed by atoms with E-state index in [-0.39, 0.29) is 51.7 Å². The van der Waals surface area contributed by atoms with Gasteiger partial charge in [0.15, 0.2) is 35.2 Å². The van der Waals surface area contributed by atoms with Gasteiger partial charge in [0, 0.05) is 41.8 Å². The first-order valence-electron chi connectivity index (χ1n) is 12.9. The fourth-order valence-electron chi connectivity index (χ4n) is 5.48. The Labute approximate surface area is 242 Å². The second kappa shape index (κ2) is 9.94. The van der Waals surface area contributed by atoms with E-state index in [1.165, 1.54) is 30.3 Å². The van der Waals surface area contributed by atoms with Crippen molar-refractivity contribution in [2.45, 2.75) is 36.6 Å². The number of hydrogen-bond acceptors (Lipinski definition) is 13. The summed E-state index contributed by atoms with van der Waals surface area (Å²) in [4.78, 5) is 0. The SMILES string of the molecule is Oc1cc(O)c2c(c1)O[C@H](c1ccc(O)c(O)c1)[C@H](O[C@@]1(c3ccc(O)c(O)c3)Oc3cc(O)cc(O)c3[C@@H](O)[C@@H]1O)C2. The van der Waals surface area contributed by atoms with Crippen LogP contribution in [0.15, 0.2) is 60.7 Å². The third kappa shape index (κ3) is 4.55. The highest BCUT2D eigenvalue weighted by atomic mass is 16.7. The Kier molecular flexibility index (Phi) is 6.45. The lowest BCUT2D eigenvalue weighted by molar-refractivity contribution is -0.307. The van der Waals surface area contributed by atoms with E-state index in [1.54, 1.807) is 0 Å². The van der Waals surface area contributed by atoms with Crippen molar-refractivity contribution < 1.29 is 65.3 Å². The number of phenols is 8. The summed E-state index contributed by atoms with van der Waals surface area (Å²) in [7, 11) is 0. The van der Waals surface area contributed by atoms with Crippen molar-refractivity contribution in [3.05, 3.63) is 82.9 Å². The summed E-state index contributed by atoms with van der Waals surface area (Å²) in [6, 6.07) is 11.5. The first-order chi connectivity index (χ1) is 20.4. The Morgan fingerprint density at radius 2 is 1.28 bits per heavy atom. The topological polar surface area (TPSA) is 230 Å². The Morgan fingerprint density at radius 3 is 1.95 bits per heavy atom. The Morgan fingerprint density at radius 1 is 0.651 bits per heavy atom. The van der Waals surface area contributed by atoms with E-state index in [2.05, 4.69) is 0 Å². The molecule has 10 N–H and O–H groups in total. The highest BCUT2D eigenvalue weighted by Gasteiger charge is 2.56. The van der Waals surface area contributed by atoms with Gasteiger partial charge in [0.25, 0.3) is 5.79 Å². The van der Waals surface area contributed by atoms with E-state index in [9.17, 15) is 51.1 Å². The second-order valence-corrected chi connectivity index (χ2v) is 10.3. The van der Waals surface area contributed by atoms with Crippen LogP contribution < -0.4 is 9.47 Å². The lowest BCUT2D eigenvalue weighted by atomic mass is 9.87. The van der Waals surface area contributed by atoms with Crippen molar-refractivity contribution in [3.8, 4) is 57.5 Å². The van der Waals surface area contributed by atoms with Gasteiger partial charge in [-0.3, -0.25) is 0 Å². The number of phenolic OH excluding ortho intramolecular Hbond substituents is 8. The van der Waals surface area contributed by atoms with Crippen LogP contribution in [0.2, 0.25) is 0 Å². The number of aliphatic hydroxyl groups is 2. The molecule has 0 aromatic heterocycles. The van der Waals surface area contributed by atoms with E-state index in [0.29, 0.717) is 0 Å². The number of hydrogen-bond donors (Lipinski definition) is 10. The maximum Gasteiger partial charge on any atom is 0.267 e. The molecule has 0 saturated heterocycles. The van der Waals surface area contributed by atoms with Gasteiger partial charge in [-0.15, -0.1) is 0 Å². The van der Waals surface area contributed by atoms with E-state index in [4.69, 9.17) is 14.2 Å². The quantitative estimate of drug-likeness (QED) is 0.153. The summed E-state index contributed by atoms with van der Waals surface area (Å²) in [5.41, 5.74) is 0.0630. The smallest absolute Gasteiger partial charge is 0.267 e.